The van der Waals surface area contributed by atoms with Gasteiger partial charge in [0.15, 0.2) is 0 Å². The van der Waals surface area contributed by atoms with Crippen LogP contribution >= 0.6 is 0 Å². The summed E-state index contributed by atoms with van der Waals surface area (Å²) in [5.74, 6) is 0. The third-order valence-corrected chi connectivity index (χ3v) is 3.68. The smallest absolute Gasteiger partial charge is 0.0261 e. The second-order valence-electron chi connectivity index (χ2n) is 5.16. The largest absolute Gasteiger partial charge is 0.301 e. The molecule has 0 saturated carbocycles. The summed E-state index contributed by atoms with van der Waals surface area (Å²) in [6, 6.07) is 10.8. The Balaban J connectivity index is 1.46. The zero-order valence-corrected chi connectivity index (χ0v) is 11.4. The van der Waals surface area contributed by atoms with Gasteiger partial charge in [-0.3, -0.25) is 0 Å². The van der Waals surface area contributed by atoms with E-state index in [0.29, 0.717) is 0 Å². The van der Waals surface area contributed by atoms with Gasteiger partial charge in [-0.1, -0.05) is 43.2 Å². The van der Waals surface area contributed by atoms with E-state index in [-0.39, 0.29) is 0 Å². The molecular formula is C16H25N2. The van der Waals surface area contributed by atoms with Crippen molar-refractivity contribution in [1.29, 1.82) is 0 Å². The topological polar surface area (TPSA) is 17.3 Å². The maximum atomic E-state index is 4.38. The van der Waals surface area contributed by atoms with Gasteiger partial charge in [-0.25, -0.2) is 5.32 Å². The van der Waals surface area contributed by atoms with Gasteiger partial charge in [-0.2, -0.15) is 0 Å². The first-order valence-corrected chi connectivity index (χ1v) is 7.35. The summed E-state index contributed by atoms with van der Waals surface area (Å²) in [5.41, 5.74) is 1.48. The second-order valence-corrected chi connectivity index (χ2v) is 5.16. The van der Waals surface area contributed by atoms with Gasteiger partial charge in [0, 0.05) is 26.2 Å². The molecule has 1 aliphatic rings. The van der Waals surface area contributed by atoms with Gasteiger partial charge >= 0.3 is 0 Å². The number of rotatable bonds is 7. The highest BCUT2D eigenvalue weighted by Gasteiger charge is 2.08. The fourth-order valence-corrected chi connectivity index (χ4v) is 2.53. The minimum absolute atomic E-state index is 1.05. The molecule has 1 aromatic rings. The molecule has 1 aliphatic heterocycles. The first-order valence-electron chi connectivity index (χ1n) is 7.35. The zero-order chi connectivity index (χ0) is 12.5. The fourth-order valence-electron chi connectivity index (χ4n) is 2.53. The third kappa shape index (κ3) is 5.19. The van der Waals surface area contributed by atoms with E-state index < -0.39 is 0 Å². The predicted molar refractivity (Wildman–Crippen MR) is 76.9 cm³/mol. The molecule has 2 rings (SSSR count). The van der Waals surface area contributed by atoms with Crippen molar-refractivity contribution >= 4 is 0 Å². The van der Waals surface area contributed by atoms with Crippen LogP contribution in [0.1, 0.15) is 31.2 Å². The van der Waals surface area contributed by atoms with Gasteiger partial charge in [-0.05, 0) is 31.4 Å². The number of hydrogen-bond acceptors (Lipinski definition) is 1. The lowest BCUT2D eigenvalue weighted by molar-refractivity contribution is 0.233. The Labute approximate surface area is 111 Å². The molecule has 0 atom stereocenters. The Hall–Kier alpha value is -0.860. The van der Waals surface area contributed by atoms with E-state index in [9.17, 15) is 0 Å². The number of aryl methyl sites for hydroxylation is 1. The van der Waals surface area contributed by atoms with E-state index in [0.717, 1.165) is 13.1 Å². The average molecular weight is 245 g/mol. The number of hydrogen-bond donors (Lipinski definition) is 0. The first kappa shape index (κ1) is 13.6. The van der Waals surface area contributed by atoms with Crippen molar-refractivity contribution in [3.8, 4) is 0 Å². The normalized spacial score (nSPS) is 16.9. The van der Waals surface area contributed by atoms with Gasteiger partial charge in [0.1, 0.15) is 0 Å². The Morgan fingerprint density at radius 3 is 2.39 bits per heavy atom. The van der Waals surface area contributed by atoms with E-state index in [1.165, 1.54) is 57.3 Å². The van der Waals surface area contributed by atoms with Crippen molar-refractivity contribution in [2.75, 3.05) is 32.7 Å². The Kier molecular flexibility index (Phi) is 6.24. The lowest BCUT2D eigenvalue weighted by Gasteiger charge is -2.26. The molecule has 0 unspecified atom stereocenters. The van der Waals surface area contributed by atoms with Gasteiger partial charge in [0.05, 0.1) is 0 Å². The van der Waals surface area contributed by atoms with E-state index in [4.69, 9.17) is 0 Å². The Morgan fingerprint density at radius 1 is 0.889 bits per heavy atom. The third-order valence-electron chi connectivity index (χ3n) is 3.68. The molecule has 2 heteroatoms. The van der Waals surface area contributed by atoms with Crippen molar-refractivity contribution in [2.24, 2.45) is 0 Å². The molecular weight excluding hydrogens is 220 g/mol. The molecule has 0 spiro atoms. The molecule has 0 N–H and O–H groups in total. The van der Waals surface area contributed by atoms with Crippen molar-refractivity contribution in [1.82, 2.24) is 10.2 Å². The highest BCUT2D eigenvalue weighted by atomic mass is 15.2. The summed E-state index contributed by atoms with van der Waals surface area (Å²) in [7, 11) is 0. The Morgan fingerprint density at radius 2 is 1.61 bits per heavy atom. The number of benzene rings is 1. The average Bonchev–Trinajstić information content (AvgIpc) is 2.45. The second kappa shape index (κ2) is 8.28. The van der Waals surface area contributed by atoms with Crippen molar-refractivity contribution in [3.63, 3.8) is 0 Å². The van der Waals surface area contributed by atoms with E-state index in [1.807, 2.05) is 0 Å². The molecule has 1 saturated heterocycles. The Bertz CT molecular complexity index is 304. The summed E-state index contributed by atoms with van der Waals surface area (Å²) >= 11 is 0. The summed E-state index contributed by atoms with van der Waals surface area (Å²) in [4.78, 5) is 2.56. The van der Waals surface area contributed by atoms with E-state index in [1.54, 1.807) is 0 Å². The van der Waals surface area contributed by atoms with Crippen molar-refractivity contribution in [2.45, 2.75) is 32.1 Å². The minimum Gasteiger partial charge on any atom is -0.301 e. The van der Waals surface area contributed by atoms with E-state index in [2.05, 4.69) is 40.5 Å². The highest BCUT2D eigenvalue weighted by Crippen LogP contribution is 2.08. The number of nitrogens with zero attached hydrogens (tertiary/aromatic N) is 2. The van der Waals surface area contributed by atoms with Crippen LogP contribution in [-0.4, -0.2) is 37.6 Å². The van der Waals surface area contributed by atoms with Gasteiger partial charge < -0.3 is 4.90 Å². The quantitative estimate of drug-likeness (QED) is 0.675. The zero-order valence-electron chi connectivity index (χ0n) is 11.4. The molecule has 0 aliphatic carbocycles. The van der Waals surface area contributed by atoms with Gasteiger partial charge in [0.25, 0.3) is 0 Å². The van der Waals surface area contributed by atoms with Crippen LogP contribution in [0.15, 0.2) is 30.3 Å². The fraction of sp³-hybridized carbons (Fsp3) is 0.625. The SMILES string of the molecule is c1ccc(CCCCCCN2CC[N]CC2)cc1. The van der Waals surface area contributed by atoms with Gasteiger partial charge in [-0.15, -0.1) is 0 Å². The monoisotopic (exact) mass is 245 g/mol. The lowest BCUT2D eigenvalue weighted by atomic mass is 10.1. The summed E-state index contributed by atoms with van der Waals surface area (Å²) in [5, 5.41) is 4.38. The molecule has 0 aromatic heterocycles. The van der Waals surface area contributed by atoms with Crippen LogP contribution in [0.4, 0.5) is 0 Å². The van der Waals surface area contributed by atoms with Crippen LogP contribution in [0.2, 0.25) is 0 Å². The van der Waals surface area contributed by atoms with Crippen molar-refractivity contribution < 1.29 is 0 Å². The summed E-state index contributed by atoms with van der Waals surface area (Å²) in [6.45, 7) is 5.75. The molecule has 1 aromatic carbocycles. The molecule has 99 valence electrons. The molecule has 1 heterocycles. The van der Waals surface area contributed by atoms with Crippen LogP contribution in [0.3, 0.4) is 0 Å². The highest BCUT2D eigenvalue weighted by molar-refractivity contribution is 5.14. The molecule has 1 fully saturated rings. The van der Waals surface area contributed by atoms with E-state index >= 15 is 0 Å². The standard InChI is InChI=1S/C16H25N2/c1(4-8-16-9-5-3-6-10-16)2-7-13-18-14-11-17-12-15-18/h3,5-6,9-10H,1-2,4,7-8,11-15H2. The van der Waals surface area contributed by atoms with Crippen LogP contribution in [0.25, 0.3) is 0 Å². The van der Waals surface area contributed by atoms with Crippen molar-refractivity contribution in [3.05, 3.63) is 35.9 Å². The maximum absolute atomic E-state index is 4.38. The molecule has 18 heavy (non-hydrogen) atoms. The summed E-state index contributed by atoms with van der Waals surface area (Å²) < 4.78 is 0. The predicted octanol–water partition coefficient (Wildman–Crippen LogP) is 2.71. The minimum atomic E-state index is 1.05. The van der Waals surface area contributed by atoms with Crippen LogP contribution in [-0.2, 0) is 6.42 Å². The molecule has 1 radical (unpaired) electrons. The first-order chi connectivity index (χ1) is 8.95. The lowest BCUT2D eigenvalue weighted by Crippen LogP contribution is -2.40. The van der Waals surface area contributed by atoms with Gasteiger partial charge in [0.2, 0.25) is 0 Å². The maximum Gasteiger partial charge on any atom is 0.0261 e. The summed E-state index contributed by atoms with van der Waals surface area (Å²) in [6.07, 6.45) is 6.67. The molecule has 0 amide bonds. The molecule has 0 bridgehead atoms. The molecule has 2 nitrogen and oxygen atoms in total. The van der Waals surface area contributed by atoms with Crippen LogP contribution < -0.4 is 5.32 Å². The van der Waals surface area contributed by atoms with Crippen LogP contribution in [0, 0.1) is 0 Å². The number of piperazine rings is 1. The number of unbranched alkanes of at least 4 members (excludes halogenated alkanes) is 3. The van der Waals surface area contributed by atoms with Crippen LogP contribution in [0.5, 0.6) is 0 Å².